The second-order valence-corrected chi connectivity index (χ2v) is 8.41. The van der Waals surface area contributed by atoms with Gasteiger partial charge in [-0.25, -0.2) is 4.79 Å². The van der Waals surface area contributed by atoms with Crippen LogP contribution < -0.4 is 9.47 Å². The van der Waals surface area contributed by atoms with Crippen molar-refractivity contribution in [3.8, 4) is 11.5 Å². The molecule has 1 aliphatic rings. The molecule has 0 aromatic heterocycles. The van der Waals surface area contributed by atoms with Crippen molar-refractivity contribution >= 4 is 22.0 Å². The lowest BCUT2D eigenvalue weighted by Gasteiger charge is -2.39. The number of benzene rings is 2. The van der Waals surface area contributed by atoms with Crippen molar-refractivity contribution in [2.45, 2.75) is 39.1 Å². The van der Waals surface area contributed by atoms with Gasteiger partial charge in [0.2, 0.25) is 0 Å². The number of rotatable bonds is 5. The van der Waals surface area contributed by atoms with Gasteiger partial charge < -0.3 is 19.1 Å². The standard InChI is InChI=1S/C21H24BrNO4/c1-21(2,3)27-20(24)23-12-17(13-23)26-19-11-16(22)9-10-18(19)25-14-15-7-5-4-6-8-15/h4-11,17H,12-14H2,1-3H3. The number of carbonyl (C=O) groups is 1. The smallest absolute Gasteiger partial charge is 0.410 e. The monoisotopic (exact) mass is 433 g/mol. The number of nitrogens with zero attached hydrogens (tertiary/aromatic N) is 1. The van der Waals surface area contributed by atoms with Gasteiger partial charge in [0.15, 0.2) is 11.5 Å². The van der Waals surface area contributed by atoms with E-state index in [1.807, 2.05) is 69.3 Å². The van der Waals surface area contributed by atoms with Crippen LogP contribution >= 0.6 is 15.9 Å². The highest BCUT2D eigenvalue weighted by molar-refractivity contribution is 9.10. The Hall–Kier alpha value is -2.21. The Morgan fingerprint density at radius 3 is 2.48 bits per heavy atom. The van der Waals surface area contributed by atoms with E-state index in [1.165, 1.54) is 0 Å². The lowest BCUT2D eigenvalue weighted by molar-refractivity contribution is -0.0227. The quantitative estimate of drug-likeness (QED) is 0.663. The topological polar surface area (TPSA) is 48.0 Å². The van der Waals surface area contributed by atoms with Crippen molar-refractivity contribution in [3.63, 3.8) is 0 Å². The van der Waals surface area contributed by atoms with Crippen molar-refractivity contribution in [1.82, 2.24) is 4.90 Å². The van der Waals surface area contributed by atoms with Crippen molar-refractivity contribution in [3.05, 3.63) is 58.6 Å². The number of likely N-dealkylation sites (tertiary alicyclic amines) is 1. The summed E-state index contributed by atoms with van der Waals surface area (Å²) in [5.74, 6) is 1.34. The number of ether oxygens (including phenoxy) is 3. The van der Waals surface area contributed by atoms with Gasteiger partial charge in [0.1, 0.15) is 18.3 Å². The molecule has 1 saturated heterocycles. The molecule has 0 atom stereocenters. The summed E-state index contributed by atoms with van der Waals surface area (Å²) in [4.78, 5) is 13.7. The Morgan fingerprint density at radius 1 is 1.11 bits per heavy atom. The third-order valence-corrected chi connectivity index (χ3v) is 4.43. The van der Waals surface area contributed by atoms with E-state index in [0.29, 0.717) is 31.2 Å². The maximum atomic E-state index is 12.0. The van der Waals surface area contributed by atoms with Gasteiger partial charge in [0.25, 0.3) is 0 Å². The molecule has 2 aromatic rings. The normalized spacial score (nSPS) is 14.4. The predicted octanol–water partition coefficient (Wildman–Crippen LogP) is 5.03. The molecule has 6 heteroatoms. The van der Waals surface area contributed by atoms with Crippen molar-refractivity contribution in [2.75, 3.05) is 13.1 Å². The number of carbonyl (C=O) groups excluding carboxylic acids is 1. The van der Waals surface area contributed by atoms with Gasteiger partial charge in [-0.2, -0.15) is 0 Å². The van der Waals surface area contributed by atoms with Crippen LogP contribution in [0.5, 0.6) is 11.5 Å². The first-order chi connectivity index (χ1) is 12.8. The largest absolute Gasteiger partial charge is 0.485 e. The Bertz CT molecular complexity index is 783. The average molecular weight is 434 g/mol. The Morgan fingerprint density at radius 2 is 1.81 bits per heavy atom. The van der Waals surface area contributed by atoms with Gasteiger partial charge >= 0.3 is 6.09 Å². The zero-order valence-corrected chi connectivity index (χ0v) is 17.4. The van der Waals surface area contributed by atoms with Crippen molar-refractivity contribution in [1.29, 1.82) is 0 Å². The highest BCUT2D eigenvalue weighted by atomic mass is 79.9. The van der Waals surface area contributed by atoms with Gasteiger partial charge in [0, 0.05) is 4.47 Å². The molecule has 2 aromatic carbocycles. The molecule has 0 unspecified atom stereocenters. The molecule has 0 bridgehead atoms. The van der Waals surface area contributed by atoms with E-state index in [9.17, 15) is 4.79 Å². The predicted molar refractivity (Wildman–Crippen MR) is 107 cm³/mol. The molecule has 1 aliphatic heterocycles. The summed E-state index contributed by atoms with van der Waals surface area (Å²) < 4.78 is 18.3. The molecule has 0 aliphatic carbocycles. The fraction of sp³-hybridized carbons (Fsp3) is 0.381. The van der Waals surface area contributed by atoms with Crippen LogP contribution in [0, 0.1) is 0 Å². The van der Waals surface area contributed by atoms with Crippen LogP contribution in [0.1, 0.15) is 26.3 Å². The highest BCUT2D eigenvalue weighted by Crippen LogP contribution is 2.33. The molecule has 5 nitrogen and oxygen atoms in total. The van der Waals surface area contributed by atoms with E-state index in [4.69, 9.17) is 14.2 Å². The molecular formula is C21H24BrNO4. The first-order valence-corrected chi connectivity index (χ1v) is 9.70. The van der Waals surface area contributed by atoms with Crippen LogP contribution in [0.2, 0.25) is 0 Å². The maximum absolute atomic E-state index is 12.0. The molecule has 0 saturated carbocycles. The van der Waals surface area contributed by atoms with Crippen LogP contribution in [0.25, 0.3) is 0 Å². The van der Waals surface area contributed by atoms with E-state index >= 15 is 0 Å². The van der Waals surface area contributed by atoms with Gasteiger partial charge in [-0.1, -0.05) is 46.3 Å². The zero-order chi connectivity index (χ0) is 19.4. The SMILES string of the molecule is CC(C)(C)OC(=O)N1CC(Oc2cc(Br)ccc2OCc2ccccc2)C1. The van der Waals surface area contributed by atoms with Gasteiger partial charge in [0.05, 0.1) is 13.1 Å². The van der Waals surface area contributed by atoms with Crippen molar-refractivity contribution < 1.29 is 19.0 Å². The molecule has 27 heavy (non-hydrogen) atoms. The molecule has 1 fully saturated rings. The molecule has 1 amide bonds. The summed E-state index contributed by atoms with van der Waals surface area (Å²) in [7, 11) is 0. The van der Waals surface area contributed by atoms with Gasteiger partial charge in [-0.05, 0) is 44.5 Å². The molecule has 0 N–H and O–H groups in total. The molecule has 144 valence electrons. The Labute approximate surface area is 168 Å². The fourth-order valence-electron chi connectivity index (χ4n) is 2.60. The van der Waals surface area contributed by atoms with Crippen LogP contribution in [0.4, 0.5) is 4.79 Å². The molecule has 1 heterocycles. The number of amides is 1. The minimum absolute atomic E-state index is 0.0779. The summed E-state index contributed by atoms with van der Waals surface area (Å²) >= 11 is 3.47. The number of halogens is 1. The van der Waals surface area contributed by atoms with E-state index in [1.54, 1.807) is 4.90 Å². The first-order valence-electron chi connectivity index (χ1n) is 8.91. The molecular weight excluding hydrogens is 410 g/mol. The lowest BCUT2D eigenvalue weighted by Crippen LogP contribution is -2.57. The van der Waals surface area contributed by atoms with Gasteiger partial charge in [-0.3, -0.25) is 0 Å². The fourth-order valence-corrected chi connectivity index (χ4v) is 2.94. The Kier molecular flexibility index (Phi) is 5.95. The average Bonchev–Trinajstić information content (AvgIpc) is 2.56. The third-order valence-electron chi connectivity index (χ3n) is 3.94. The molecule has 3 rings (SSSR count). The second kappa shape index (κ2) is 8.21. The third kappa shape index (κ3) is 5.63. The minimum Gasteiger partial charge on any atom is -0.485 e. The van der Waals surface area contributed by atoms with Crippen LogP contribution in [-0.4, -0.2) is 35.8 Å². The van der Waals surface area contributed by atoms with E-state index in [2.05, 4.69) is 15.9 Å². The summed E-state index contributed by atoms with van der Waals surface area (Å²) in [5, 5.41) is 0. The summed E-state index contributed by atoms with van der Waals surface area (Å²) in [6.07, 6.45) is -0.386. The minimum atomic E-state index is -0.494. The molecule has 0 spiro atoms. The molecule has 0 radical (unpaired) electrons. The summed E-state index contributed by atoms with van der Waals surface area (Å²) in [6, 6.07) is 15.7. The van der Waals surface area contributed by atoms with E-state index in [0.717, 1.165) is 10.0 Å². The Balaban J connectivity index is 1.57. The first kappa shape index (κ1) is 19.5. The number of hydrogen-bond donors (Lipinski definition) is 0. The zero-order valence-electron chi connectivity index (χ0n) is 15.8. The lowest BCUT2D eigenvalue weighted by atomic mass is 10.1. The van der Waals surface area contributed by atoms with E-state index in [-0.39, 0.29) is 12.2 Å². The highest BCUT2D eigenvalue weighted by Gasteiger charge is 2.35. The summed E-state index contributed by atoms with van der Waals surface area (Å²) in [6.45, 7) is 7.04. The van der Waals surface area contributed by atoms with Crippen molar-refractivity contribution in [2.24, 2.45) is 0 Å². The second-order valence-electron chi connectivity index (χ2n) is 7.49. The maximum Gasteiger partial charge on any atom is 0.410 e. The van der Waals surface area contributed by atoms with Crippen LogP contribution in [0.15, 0.2) is 53.0 Å². The van der Waals surface area contributed by atoms with Crippen LogP contribution in [-0.2, 0) is 11.3 Å². The number of hydrogen-bond acceptors (Lipinski definition) is 4. The summed E-state index contributed by atoms with van der Waals surface area (Å²) in [5.41, 5.74) is 0.595. The van der Waals surface area contributed by atoms with E-state index < -0.39 is 5.60 Å². The van der Waals surface area contributed by atoms with Gasteiger partial charge in [-0.15, -0.1) is 0 Å². The van der Waals surface area contributed by atoms with Crippen LogP contribution in [0.3, 0.4) is 0 Å².